The quantitative estimate of drug-likeness (QED) is 0.802. The maximum atomic E-state index is 13.3. The Morgan fingerprint density at radius 1 is 1.28 bits per heavy atom. The molecule has 4 atom stereocenters. The number of benzene rings is 1. The second-order valence-electron chi connectivity index (χ2n) is 11.1. The molecule has 4 aliphatic rings. The van der Waals surface area contributed by atoms with Gasteiger partial charge in [-0.15, -0.1) is 0 Å². The van der Waals surface area contributed by atoms with Crippen molar-refractivity contribution in [3.8, 4) is 0 Å². The number of fused-ring (bicyclic) bond motifs is 1. The third kappa shape index (κ3) is 3.11. The lowest BCUT2D eigenvalue weighted by Gasteiger charge is -2.64. The fourth-order valence-electron chi connectivity index (χ4n) is 6.76. The summed E-state index contributed by atoms with van der Waals surface area (Å²) in [4.78, 5) is 15.9. The lowest BCUT2D eigenvalue weighted by molar-refractivity contribution is -0.182. The van der Waals surface area contributed by atoms with Crippen molar-refractivity contribution in [1.82, 2.24) is 4.90 Å². The van der Waals surface area contributed by atoms with E-state index in [1.165, 1.54) is 29.5 Å². The SMILES string of the molecule is Cc1ccc2c(c1)[C@]13CCN(CC4CC4)[C@H](C2)[C@]1(O)C[C@H](CCC(C)C)C(=O)C3. The maximum Gasteiger partial charge on any atom is 0.137 e. The summed E-state index contributed by atoms with van der Waals surface area (Å²) in [6, 6.07) is 6.93. The van der Waals surface area contributed by atoms with E-state index in [9.17, 15) is 9.90 Å². The van der Waals surface area contributed by atoms with Crippen LogP contribution in [0.4, 0.5) is 0 Å². The number of ketones is 1. The van der Waals surface area contributed by atoms with Gasteiger partial charge in [-0.25, -0.2) is 0 Å². The Labute approximate surface area is 175 Å². The zero-order chi connectivity index (χ0) is 20.4. The van der Waals surface area contributed by atoms with Gasteiger partial charge in [-0.2, -0.15) is 0 Å². The average molecular weight is 396 g/mol. The van der Waals surface area contributed by atoms with Gasteiger partial charge in [-0.3, -0.25) is 9.69 Å². The van der Waals surface area contributed by atoms with Gasteiger partial charge in [-0.1, -0.05) is 44.0 Å². The molecule has 0 spiro atoms. The van der Waals surface area contributed by atoms with E-state index >= 15 is 0 Å². The second-order valence-corrected chi connectivity index (χ2v) is 11.1. The minimum absolute atomic E-state index is 0.0326. The number of rotatable bonds is 5. The van der Waals surface area contributed by atoms with Crippen molar-refractivity contribution in [2.24, 2.45) is 17.8 Å². The molecule has 5 rings (SSSR count). The summed E-state index contributed by atoms with van der Waals surface area (Å²) in [7, 11) is 0. The van der Waals surface area contributed by atoms with Gasteiger partial charge in [0.2, 0.25) is 0 Å². The topological polar surface area (TPSA) is 40.5 Å². The molecule has 1 aromatic carbocycles. The Bertz CT molecular complexity index is 813. The third-order valence-corrected chi connectivity index (χ3v) is 8.61. The van der Waals surface area contributed by atoms with Gasteiger partial charge < -0.3 is 5.11 Å². The molecule has 1 aliphatic heterocycles. The number of hydrogen-bond acceptors (Lipinski definition) is 3. The molecule has 158 valence electrons. The van der Waals surface area contributed by atoms with Crippen molar-refractivity contribution in [2.75, 3.05) is 13.1 Å². The molecule has 2 bridgehead atoms. The van der Waals surface area contributed by atoms with Gasteiger partial charge in [0.1, 0.15) is 5.78 Å². The Morgan fingerprint density at radius 2 is 2.07 bits per heavy atom. The van der Waals surface area contributed by atoms with Crippen molar-refractivity contribution >= 4 is 5.78 Å². The van der Waals surface area contributed by atoms with Gasteiger partial charge in [0.15, 0.2) is 0 Å². The molecule has 0 unspecified atom stereocenters. The van der Waals surface area contributed by atoms with Crippen LogP contribution in [0, 0.1) is 24.7 Å². The molecular weight excluding hydrogens is 358 g/mol. The number of Topliss-reactive ketones (excluding diaryl/α,β-unsaturated/α-hetero) is 1. The van der Waals surface area contributed by atoms with Gasteiger partial charge in [-0.05, 0) is 75.0 Å². The molecule has 29 heavy (non-hydrogen) atoms. The van der Waals surface area contributed by atoms with E-state index in [0.717, 1.165) is 44.7 Å². The number of carbonyl (C=O) groups is 1. The van der Waals surface area contributed by atoms with Crippen LogP contribution in [0.15, 0.2) is 18.2 Å². The molecule has 1 heterocycles. The highest BCUT2D eigenvalue weighted by molar-refractivity contribution is 5.85. The van der Waals surface area contributed by atoms with Crippen LogP contribution < -0.4 is 0 Å². The van der Waals surface area contributed by atoms with Crippen molar-refractivity contribution in [2.45, 2.75) is 89.2 Å². The Morgan fingerprint density at radius 3 is 2.79 bits per heavy atom. The van der Waals surface area contributed by atoms with Crippen LogP contribution >= 0.6 is 0 Å². The van der Waals surface area contributed by atoms with Crippen LogP contribution in [0.1, 0.15) is 75.5 Å². The summed E-state index contributed by atoms with van der Waals surface area (Å²) >= 11 is 0. The first-order chi connectivity index (χ1) is 13.8. The van der Waals surface area contributed by atoms with E-state index in [1.807, 2.05) is 0 Å². The van der Waals surface area contributed by atoms with Crippen LogP contribution in [0.25, 0.3) is 0 Å². The normalized spacial score (nSPS) is 36.8. The molecule has 1 aromatic rings. The number of hydrogen-bond donors (Lipinski definition) is 1. The molecule has 3 heteroatoms. The molecule has 0 aromatic heterocycles. The Balaban J connectivity index is 1.56. The van der Waals surface area contributed by atoms with Crippen LogP contribution in [0.2, 0.25) is 0 Å². The van der Waals surface area contributed by atoms with Crippen molar-refractivity contribution in [3.63, 3.8) is 0 Å². The average Bonchev–Trinajstić information content (AvgIpc) is 3.47. The fourth-order valence-corrected chi connectivity index (χ4v) is 6.76. The van der Waals surface area contributed by atoms with E-state index < -0.39 is 5.60 Å². The lowest BCUT2D eigenvalue weighted by atomic mass is 9.47. The highest BCUT2D eigenvalue weighted by atomic mass is 16.3. The predicted molar refractivity (Wildman–Crippen MR) is 116 cm³/mol. The van der Waals surface area contributed by atoms with E-state index in [4.69, 9.17) is 0 Å². The Hall–Kier alpha value is -1.19. The Kier molecular flexibility index (Phi) is 4.71. The van der Waals surface area contributed by atoms with Gasteiger partial charge >= 0.3 is 0 Å². The summed E-state index contributed by atoms with van der Waals surface area (Å²) < 4.78 is 0. The van der Waals surface area contributed by atoms with Crippen LogP contribution in [-0.4, -0.2) is 40.5 Å². The summed E-state index contributed by atoms with van der Waals surface area (Å²) in [5.41, 5.74) is 2.77. The number of aryl methyl sites for hydroxylation is 1. The number of likely N-dealkylation sites (tertiary alicyclic amines) is 1. The monoisotopic (exact) mass is 395 g/mol. The standard InChI is InChI=1S/C26H37NO2/c1-17(2)4-8-21-14-26(29)24-13-20-9-5-18(3)12-22(20)25(26,15-23(21)28)10-11-27(24)16-19-6-7-19/h5,9,12,17,19,21,24,29H,4,6-8,10-11,13-16H2,1-3H3/t21-,24+,25+,26+/m0/s1. The number of nitrogens with zero attached hydrogens (tertiary/aromatic N) is 1. The molecule has 3 fully saturated rings. The summed E-state index contributed by atoms with van der Waals surface area (Å²) in [5.74, 6) is 1.87. The molecule has 1 saturated heterocycles. The number of piperidine rings is 1. The van der Waals surface area contributed by atoms with Crippen LogP contribution in [-0.2, 0) is 16.6 Å². The number of carbonyl (C=O) groups excluding carboxylic acids is 1. The predicted octanol–water partition coefficient (Wildman–Crippen LogP) is 4.42. The van der Waals surface area contributed by atoms with Gasteiger partial charge in [0.05, 0.1) is 5.60 Å². The first kappa shape index (κ1) is 19.8. The zero-order valence-electron chi connectivity index (χ0n) is 18.4. The molecular formula is C26H37NO2. The van der Waals surface area contributed by atoms with E-state index in [1.54, 1.807) is 0 Å². The van der Waals surface area contributed by atoms with E-state index in [-0.39, 0.29) is 17.4 Å². The second kappa shape index (κ2) is 6.92. The number of aliphatic hydroxyl groups is 1. The summed E-state index contributed by atoms with van der Waals surface area (Å²) in [6.07, 6.45) is 7.76. The van der Waals surface area contributed by atoms with Crippen LogP contribution in [0.5, 0.6) is 0 Å². The van der Waals surface area contributed by atoms with Crippen molar-refractivity contribution in [3.05, 3.63) is 34.9 Å². The minimum Gasteiger partial charge on any atom is -0.387 e. The highest BCUT2D eigenvalue weighted by Crippen LogP contribution is 2.59. The minimum atomic E-state index is -0.767. The van der Waals surface area contributed by atoms with Gasteiger partial charge in [0, 0.05) is 30.3 Å². The first-order valence-corrected chi connectivity index (χ1v) is 11.9. The smallest absolute Gasteiger partial charge is 0.137 e. The molecule has 0 radical (unpaired) electrons. The molecule has 2 saturated carbocycles. The van der Waals surface area contributed by atoms with Gasteiger partial charge in [0.25, 0.3) is 0 Å². The molecule has 0 amide bonds. The molecule has 3 aliphatic carbocycles. The van der Waals surface area contributed by atoms with Crippen molar-refractivity contribution < 1.29 is 9.90 Å². The first-order valence-electron chi connectivity index (χ1n) is 11.9. The summed E-state index contributed by atoms with van der Waals surface area (Å²) in [5, 5.41) is 12.5. The fraction of sp³-hybridized carbons (Fsp3) is 0.731. The lowest BCUT2D eigenvalue weighted by Crippen LogP contribution is -2.74. The van der Waals surface area contributed by atoms with E-state index in [0.29, 0.717) is 24.5 Å². The largest absolute Gasteiger partial charge is 0.387 e. The molecule has 3 nitrogen and oxygen atoms in total. The molecule has 1 N–H and O–H groups in total. The van der Waals surface area contributed by atoms with Crippen LogP contribution in [0.3, 0.4) is 0 Å². The third-order valence-electron chi connectivity index (χ3n) is 8.61. The zero-order valence-corrected chi connectivity index (χ0v) is 18.4. The summed E-state index contributed by atoms with van der Waals surface area (Å²) in [6.45, 7) is 8.76. The highest BCUT2D eigenvalue weighted by Gasteiger charge is 2.66. The van der Waals surface area contributed by atoms with Crippen molar-refractivity contribution in [1.29, 1.82) is 0 Å². The van der Waals surface area contributed by atoms with E-state index in [2.05, 4.69) is 43.9 Å². The maximum absolute atomic E-state index is 13.3.